The number of pyridine rings is 1. The summed E-state index contributed by atoms with van der Waals surface area (Å²) in [5.41, 5.74) is 2.92. The van der Waals surface area contributed by atoms with Crippen LogP contribution in [-0.2, 0) is 11.3 Å². The molecule has 0 bridgehead atoms. The zero-order chi connectivity index (χ0) is 20.2. The first-order chi connectivity index (χ1) is 14.1. The van der Waals surface area contributed by atoms with Gasteiger partial charge in [-0.2, -0.15) is 0 Å². The van der Waals surface area contributed by atoms with Crippen LogP contribution < -0.4 is 0 Å². The molecule has 1 aromatic carbocycles. The fraction of sp³-hybridized carbons (Fsp3) is 0.318. The predicted octanol–water partition coefficient (Wildman–Crippen LogP) is 3.74. The fourth-order valence-electron chi connectivity index (χ4n) is 3.49. The molecule has 0 aliphatic carbocycles. The Hall–Kier alpha value is -3.06. The van der Waals surface area contributed by atoms with Crippen molar-refractivity contribution in [2.45, 2.75) is 32.5 Å². The Morgan fingerprint density at radius 2 is 2.00 bits per heavy atom. The molecule has 1 aliphatic rings. The third-order valence-corrected chi connectivity index (χ3v) is 5.14. The van der Waals surface area contributed by atoms with Gasteiger partial charge in [0.2, 0.25) is 0 Å². The molecule has 150 valence electrons. The minimum absolute atomic E-state index is 0.0854. The number of amides is 1. The molecule has 1 N–H and O–H groups in total. The Balaban J connectivity index is 1.35. The lowest BCUT2D eigenvalue weighted by atomic mass is 10.1. The number of hydrogen-bond acceptors (Lipinski definition) is 4. The summed E-state index contributed by atoms with van der Waals surface area (Å²) in [6.07, 6.45) is 5.26. The summed E-state index contributed by atoms with van der Waals surface area (Å²) in [5.74, 6) is 0.181. The number of carbonyl (C=O) groups excluding carboxylic acids is 1. The predicted molar refractivity (Wildman–Crippen MR) is 107 cm³/mol. The van der Waals surface area contributed by atoms with Gasteiger partial charge in [0.05, 0.1) is 12.7 Å². The van der Waals surface area contributed by atoms with Gasteiger partial charge in [-0.25, -0.2) is 9.37 Å². The Morgan fingerprint density at radius 1 is 1.24 bits per heavy atom. The summed E-state index contributed by atoms with van der Waals surface area (Å²) in [6, 6.07) is 9.94. The highest BCUT2D eigenvalue weighted by atomic mass is 19.1. The van der Waals surface area contributed by atoms with Crippen molar-refractivity contribution < 1.29 is 13.9 Å². The maximum atomic E-state index is 13.1. The molecule has 1 fully saturated rings. The number of halogens is 1. The van der Waals surface area contributed by atoms with Gasteiger partial charge in [-0.3, -0.25) is 9.78 Å². The molecule has 4 rings (SSSR count). The smallest absolute Gasteiger partial charge is 0.274 e. The van der Waals surface area contributed by atoms with E-state index in [1.807, 2.05) is 24.0 Å². The zero-order valence-electron chi connectivity index (χ0n) is 16.3. The van der Waals surface area contributed by atoms with Crippen molar-refractivity contribution in [1.82, 2.24) is 19.9 Å². The van der Waals surface area contributed by atoms with Gasteiger partial charge in [0, 0.05) is 36.7 Å². The van der Waals surface area contributed by atoms with Gasteiger partial charge >= 0.3 is 0 Å². The molecule has 6 nitrogen and oxygen atoms in total. The maximum absolute atomic E-state index is 13.1. The number of benzene rings is 1. The number of hydrogen-bond donors (Lipinski definition) is 1. The molecule has 0 atom stereocenters. The zero-order valence-corrected chi connectivity index (χ0v) is 16.3. The van der Waals surface area contributed by atoms with E-state index in [9.17, 15) is 9.18 Å². The number of likely N-dealkylation sites (tertiary alicyclic amines) is 1. The van der Waals surface area contributed by atoms with Gasteiger partial charge in [0.25, 0.3) is 5.91 Å². The minimum atomic E-state index is -0.304. The van der Waals surface area contributed by atoms with Gasteiger partial charge in [0.15, 0.2) is 0 Å². The third kappa shape index (κ3) is 4.51. The molecule has 29 heavy (non-hydrogen) atoms. The highest BCUT2D eigenvalue weighted by molar-refractivity contribution is 5.94. The lowest BCUT2D eigenvalue weighted by Crippen LogP contribution is -2.41. The summed E-state index contributed by atoms with van der Waals surface area (Å²) in [4.78, 5) is 26.5. The normalized spacial score (nSPS) is 14.9. The van der Waals surface area contributed by atoms with Crippen LogP contribution >= 0.6 is 0 Å². The van der Waals surface area contributed by atoms with Crippen molar-refractivity contribution in [3.8, 4) is 11.4 Å². The van der Waals surface area contributed by atoms with Gasteiger partial charge in [-0.05, 0) is 55.7 Å². The molecule has 0 spiro atoms. The lowest BCUT2D eigenvalue weighted by Gasteiger charge is -2.31. The van der Waals surface area contributed by atoms with E-state index in [0.717, 1.165) is 24.0 Å². The summed E-state index contributed by atoms with van der Waals surface area (Å²) in [7, 11) is 0. The van der Waals surface area contributed by atoms with Gasteiger partial charge in [-0.15, -0.1) is 0 Å². The number of rotatable bonds is 5. The molecule has 0 unspecified atom stereocenters. The van der Waals surface area contributed by atoms with Crippen molar-refractivity contribution in [1.29, 1.82) is 0 Å². The van der Waals surface area contributed by atoms with Crippen LogP contribution in [0.5, 0.6) is 0 Å². The summed E-state index contributed by atoms with van der Waals surface area (Å²) in [5, 5.41) is 0. The Kier molecular flexibility index (Phi) is 5.67. The van der Waals surface area contributed by atoms with Crippen molar-refractivity contribution >= 4 is 5.91 Å². The van der Waals surface area contributed by atoms with Crippen LogP contribution in [0.4, 0.5) is 4.39 Å². The van der Waals surface area contributed by atoms with E-state index in [4.69, 9.17) is 4.74 Å². The molecule has 1 aliphatic heterocycles. The molecule has 1 amide bonds. The molecule has 7 heteroatoms. The van der Waals surface area contributed by atoms with Crippen LogP contribution in [0.15, 0.2) is 48.8 Å². The average Bonchev–Trinajstić information content (AvgIpc) is 3.15. The second-order valence-electron chi connectivity index (χ2n) is 7.23. The Morgan fingerprint density at radius 3 is 2.69 bits per heavy atom. The number of ether oxygens (including phenoxy) is 1. The van der Waals surface area contributed by atoms with E-state index in [2.05, 4.69) is 15.0 Å². The van der Waals surface area contributed by atoms with Crippen LogP contribution in [0.2, 0.25) is 0 Å². The van der Waals surface area contributed by atoms with E-state index in [1.165, 1.54) is 12.1 Å². The van der Waals surface area contributed by atoms with Gasteiger partial charge in [-0.1, -0.05) is 6.07 Å². The number of imidazole rings is 1. The first kappa shape index (κ1) is 19.3. The highest BCUT2D eigenvalue weighted by Crippen LogP contribution is 2.22. The Bertz CT molecular complexity index is 964. The van der Waals surface area contributed by atoms with Crippen LogP contribution in [-0.4, -0.2) is 45.0 Å². The van der Waals surface area contributed by atoms with Crippen molar-refractivity contribution in [2.75, 3.05) is 13.1 Å². The van der Waals surface area contributed by atoms with E-state index in [1.54, 1.807) is 24.5 Å². The van der Waals surface area contributed by atoms with Gasteiger partial charge in [0.1, 0.15) is 17.3 Å². The number of aryl methyl sites for hydroxylation is 1. The van der Waals surface area contributed by atoms with Crippen LogP contribution in [0, 0.1) is 12.7 Å². The summed E-state index contributed by atoms with van der Waals surface area (Å²) < 4.78 is 19.1. The first-order valence-corrected chi connectivity index (χ1v) is 9.72. The molecular weight excluding hydrogens is 371 g/mol. The summed E-state index contributed by atoms with van der Waals surface area (Å²) >= 11 is 0. The molecule has 1 saturated heterocycles. The largest absolute Gasteiger partial charge is 0.373 e. The molecule has 2 aromatic heterocycles. The number of piperidine rings is 1. The number of aromatic nitrogens is 3. The Labute approximate surface area is 168 Å². The minimum Gasteiger partial charge on any atom is -0.373 e. The van der Waals surface area contributed by atoms with E-state index in [-0.39, 0.29) is 17.8 Å². The molecule has 0 saturated carbocycles. The lowest BCUT2D eigenvalue weighted by molar-refractivity contribution is -0.000599. The second-order valence-corrected chi connectivity index (χ2v) is 7.23. The van der Waals surface area contributed by atoms with E-state index >= 15 is 0 Å². The van der Waals surface area contributed by atoms with Crippen molar-refractivity contribution in [3.63, 3.8) is 0 Å². The molecular formula is C22H23FN4O2. The number of carbonyl (C=O) groups is 1. The standard InChI is InChI=1S/C22H23FN4O2/c1-15-20(26-21(25-15)17-4-6-18(23)7-5-17)22(28)27-11-8-19(9-12-27)29-14-16-3-2-10-24-13-16/h2-7,10,13,19H,8-9,11-12,14H2,1H3,(H,25,26). The first-order valence-electron chi connectivity index (χ1n) is 9.72. The molecule has 3 heterocycles. The van der Waals surface area contributed by atoms with Crippen LogP contribution in [0.3, 0.4) is 0 Å². The topological polar surface area (TPSA) is 71.1 Å². The average molecular weight is 394 g/mol. The van der Waals surface area contributed by atoms with E-state index < -0.39 is 0 Å². The third-order valence-electron chi connectivity index (χ3n) is 5.14. The number of aromatic amines is 1. The van der Waals surface area contributed by atoms with Gasteiger partial charge < -0.3 is 14.6 Å². The highest BCUT2D eigenvalue weighted by Gasteiger charge is 2.27. The molecule has 3 aromatic rings. The van der Waals surface area contributed by atoms with Crippen LogP contribution in [0.25, 0.3) is 11.4 Å². The monoisotopic (exact) mass is 394 g/mol. The van der Waals surface area contributed by atoms with E-state index in [0.29, 0.717) is 36.9 Å². The van der Waals surface area contributed by atoms with Crippen molar-refractivity contribution in [2.24, 2.45) is 0 Å². The SMILES string of the molecule is Cc1[nH]c(-c2ccc(F)cc2)nc1C(=O)N1CCC(OCc2cccnc2)CC1. The fourth-order valence-corrected chi connectivity index (χ4v) is 3.49. The molecule has 0 radical (unpaired) electrons. The quantitative estimate of drug-likeness (QED) is 0.716. The van der Waals surface area contributed by atoms with Crippen LogP contribution in [0.1, 0.15) is 34.6 Å². The second kappa shape index (κ2) is 8.53. The maximum Gasteiger partial charge on any atom is 0.274 e. The summed E-state index contributed by atoms with van der Waals surface area (Å²) in [6.45, 7) is 3.63. The van der Waals surface area contributed by atoms with Crippen molar-refractivity contribution in [3.05, 3.63) is 71.6 Å². The number of nitrogens with one attached hydrogen (secondary N) is 1. The number of nitrogens with zero attached hydrogens (tertiary/aromatic N) is 3. The number of H-pyrrole nitrogens is 1.